The molecule has 4 aromatic carbocycles. The smallest absolute Gasteiger partial charge is 0.262 e. The van der Waals surface area contributed by atoms with Gasteiger partial charge in [-0.1, -0.05) is 71.7 Å². The fraction of sp³-hybridized carbons (Fsp3) is 0.200. The molecule has 0 spiro atoms. The van der Waals surface area contributed by atoms with E-state index in [-0.39, 0.29) is 29.7 Å². The van der Waals surface area contributed by atoms with Gasteiger partial charge in [0.15, 0.2) is 24.2 Å². The highest BCUT2D eigenvalue weighted by atomic mass is 35.5. The number of ether oxygens (including phenoxy) is 3. The molecule has 0 aromatic heterocycles. The summed E-state index contributed by atoms with van der Waals surface area (Å²) >= 11 is 12.1. The maximum Gasteiger partial charge on any atom is 0.262 e. The van der Waals surface area contributed by atoms with Gasteiger partial charge in [-0.15, -0.1) is 0 Å². The Labute approximate surface area is 283 Å². The van der Waals surface area contributed by atoms with Gasteiger partial charge in [-0.05, 0) is 73.5 Å². The van der Waals surface area contributed by atoms with Gasteiger partial charge in [-0.2, -0.15) is 5.10 Å². The summed E-state index contributed by atoms with van der Waals surface area (Å²) in [5, 5.41) is 10.3. The van der Waals surface area contributed by atoms with E-state index in [4.69, 9.17) is 37.4 Å². The van der Waals surface area contributed by atoms with Crippen LogP contribution in [0.1, 0.15) is 25.0 Å². The van der Waals surface area contributed by atoms with Crippen LogP contribution in [0.5, 0.6) is 17.2 Å². The molecule has 0 aliphatic carbocycles. The number of hydrazone groups is 1. The number of rotatable bonds is 15. The predicted octanol–water partition coefficient (Wildman–Crippen LogP) is 6.05. The summed E-state index contributed by atoms with van der Waals surface area (Å²) in [5.41, 5.74) is 4.60. The number of halogens is 2. The van der Waals surface area contributed by atoms with Crippen LogP contribution in [0.4, 0.5) is 5.69 Å². The minimum atomic E-state index is -0.967. The first kappa shape index (κ1) is 34.8. The molecule has 4 aromatic rings. The Morgan fingerprint density at radius 2 is 1.53 bits per heavy atom. The summed E-state index contributed by atoms with van der Waals surface area (Å²) < 4.78 is 17.1. The largest absolute Gasteiger partial charge is 0.490 e. The number of carbonyl (C=O) groups excluding carboxylic acids is 3. The number of amides is 3. The lowest BCUT2D eigenvalue weighted by Gasteiger charge is -2.21. The number of hydrogen-bond acceptors (Lipinski definition) is 7. The van der Waals surface area contributed by atoms with Gasteiger partial charge in [0.2, 0.25) is 0 Å². The normalized spacial score (nSPS) is 12.1. The molecule has 2 atom stereocenters. The third-order valence-electron chi connectivity index (χ3n) is 6.55. The van der Waals surface area contributed by atoms with Crippen LogP contribution in [0.2, 0.25) is 10.0 Å². The fourth-order valence-corrected chi connectivity index (χ4v) is 4.72. The highest BCUT2D eigenvalue weighted by molar-refractivity contribution is 6.35. The van der Waals surface area contributed by atoms with Gasteiger partial charge in [-0.3, -0.25) is 14.4 Å². The molecule has 0 heterocycles. The third kappa shape index (κ3) is 11.1. The predicted molar refractivity (Wildman–Crippen MR) is 183 cm³/mol. The Hall–Kier alpha value is -5.06. The summed E-state index contributed by atoms with van der Waals surface area (Å²) in [6, 6.07) is 27.1. The average Bonchev–Trinajstić information content (AvgIpc) is 3.06. The zero-order valence-corrected chi connectivity index (χ0v) is 27.3. The van der Waals surface area contributed by atoms with E-state index in [2.05, 4.69) is 21.2 Å². The summed E-state index contributed by atoms with van der Waals surface area (Å²) in [7, 11) is 0. The summed E-state index contributed by atoms with van der Waals surface area (Å²) in [5.74, 6) is -0.322. The molecular weight excluding hydrogens is 643 g/mol. The zero-order valence-electron chi connectivity index (χ0n) is 25.7. The Morgan fingerprint density at radius 1 is 0.830 bits per heavy atom. The summed E-state index contributed by atoms with van der Waals surface area (Å²) in [6.07, 6.45) is 0.674. The minimum Gasteiger partial charge on any atom is -0.490 e. The first-order chi connectivity index (χ1) is 22.7. The van der Waals surface area contributed by atoms with E-state index in [0.717, 1.165) is 5.56 Å². The second kappa shape index (κ2) is 17.6. The lowest BCUT2D eigenvalue weighted by Crippen LogP contribution is -2.50. The Morgan fingerprint density at radius 3 is 2.23 bits per heavy atom. The molecule has 3 N–H and O–H groups in total. The van der Waals surface area contributed by atoms with Gasteiger partial charge in [0.1, 0.15) is 11.8 Å². The van der Waals surface area contributed by atoms with E-state index in [0.29, 0.717) is 34.4 Å². The molecule has 0 fully saturated rings. The summed E-state index contributed by atoms with van der Waals surface area (Å²) in [4.78, 5) is 38.6. The van der Waals surface area contributed by atoms with Gasteiger partial charge < -0.3 is 24.8 Å². The highest BCUT2D eigenvalue weighted by Crippen LogP contribution is 2.29. The van der Waals surface area contributed by atoms with Gasteiger partial charge >= 0.3 is 0 Å². The van der Waals surface area contributed by atoms with Crippen LogP contribution in [0, 0.1) is 0 Å². The van der Waals surface area contributed by atoms with E-state index in [1.165, 1.54) is 12.3 Å². The van der Waals surface area contributed by atoms with Crippen molar-refractivity contribution in [3.63, 3.8) is 0 Å². The molecule has 0 bridgehead atoms. The average molecular weight is 678 g/mol. The topological polar surface area (TPSA) is 127 Å². The van der Waals surface area contributed by atoms with Crippen LogP contribution in [0.15, 0.2) is 102 Å². The van der Waals surface area contributed by atoms with E-state index >= 15 is 0 Å². The van der Waals surface area contributed by atoms with Crippen molar-refractivity contribution < 1.29 is 28.6 Å². The van der Waals surface area contributed by atoms with Crippen LogP contribution >= 0.6 is 23.2 Å². The van der Waals surface area contributed by atoms with Crippen LogP contribution in [0.3, 0.4) is 0 Å². The SMILES string of the molecule is CCOc1cc(/C=N\NC(=O)[C@H](Cc2ccccc2)NC(=O)[C@@H](C)Oc2ccc(Cl)cc2Cl)ccc1OCC(=O)Nc1ccccc1. The molecule has 0 radical (unpaired) electrons. The molecule has 12 heteroatoms. The van der Waals surface area contributed by atoms with Gasteiger partial charge in [-0.25, -0.2) is 5.43 Å². The molecule has 0 aliphatic rings. The van der Waals surface area contributed by atoms with E-state index < -0.39 is 24.0 Å². The maximum absolute atomic E-state index is 13.3. The van der Waals surface area contributed by atoms with E-state index in [1.54, 1.807) is 49.4 Å². The van der Waals surface area contributed by atoms with Crippen LogP contribution in [-0.2, 0) is 20.8 Å². The molecular formula is C35H34Cl2N4O6. The molecule has 0 unspecified atom stereocenters. The van der Waals surface area contributed by atoms with Crippen molar-refractivity contribution >= 4 is 52.8 Å². The van der Waals surface area contributed by atoms with E-state index in [1.807, 2.05) is 55.5 Å². The standard InChI is InChI=1S/C35H34Cl2N4O6/c1-3-45-32-19-25(14-16-31(32)46-22-33(42)39-27-12-8-5-9-13-27)21-38-41-35(44)29(18-24-10-6-4-7-11-24)40-34(43)23(2)47-30-17-15-26(36)20-28(30)37/h4-17,19-21,23,29H,3,18,22H2,1-2H3,(H,39,42)(H,40,43)(H,41,44)/b38-21-/t23-,29+/m1/s1. The molecule has 0 aliphatic heterocycles. The molecule has 244 valence electrons. The van der Waals surface area contributed by atoms with Gasteiger partial charge in [0.05, 0.1) is 17.8 Å². The highest BCUT2D eigenvalue weighted by Gasteiger charge is 2.25. The number of nitrogens with zero attached hydrogens (tertiary/aromatic N) is 1. The molecule has 0 saturated heterocycles. The molecule has 3 amide bonds. The fourth-order valence-electron chi connectivity index (χ4n) is 4.27. The third-order valence-corrected chi connectivity index (χ3v) is 7.09. The second-order valence-electron chi connectivity index (χ2n) is 10.2. The van der Waals surface area contributed by atoms with Crippen molar-refractivity contribution in [3.05, 3.63) is 118 Å². The lowest BCUT2D eigenvalue weighted by molar-refractivity contribution is -0.132. The van der Waals surface area contributed by atoms with Crippen molar-refractivity contribution in [2.24, 2.45) is 5.10 Å². The van der Waals surface area contributed by atoms with Crippen molar-refractivity contribution in [1.82, 2.24) is 10.7 Å². The van der Waals surface area contributed by atoms with Crippen LogP contribution < -0.4 is 30.3 Å². The number of nitrogens with one attached hydrogen (secondary N) is 3. The van der Waals surface area contributed by atoms with Crippen molar-refractivity contribution in [2.45, 2.75) is 32.4 Å². The van der Waals surface area contributed by atoms with Gasteiger partial charge in [0.25, 0.3) is 17.7 Å². The van der Waals surface area contributed by atoms with Crippen molar-refractivity contribution in [1.29, 1.82) is 0 Å². The van der Waals surface area contributed by atoms with Crippen molar-refractivity contribution in [3.8, 4) is 17.2 Å². The number of benzene rings is 4. The number of anilines is 1. The number of carbonyl (C=O) groups is 3. The van der Waals surface area contributed by atoms with E-state index in [9.17, 15) is 14.4 Å². The molecule has 10 nitrogen and oxygen atoms in total. The van der Waals surface area contributed by atoms with Crippen LogP contribution in [-0.4, -0.2) is 49.3 Å². The Bertz CT molecular complexity index is 1690. The van der Waals surface area contributed by atoms with Crippen LogP contribution in [0.25, 0.3) is 0 Å². The molecule has 47 heavy (non-hydrogen) atoms. The van der Waals surface area contributed by atoms with Crippen molar-refractivity contribution in [2.75, 3.05) is 18.5 Å². The number of para-hydroxylation sites is 1. The quantitative estimate of drug-likeness (QED) is 0.104. The zero-order chi connectivity index (χ0) is 33.6. The maximum atomic E-state index is 13.3. The Kier molecular flexibility index (Phi) is 13.0. The number of hydrogen-bond donors (Lipinski definition) is 3. The summed E-state index contributed by atoms with van der Waals surface area (Å²) in [6.45, 7) is 3.51. The first-order valence-corrected chi connectivity index (χ1v) is 15.5. The Balaban J connectivity index is 1.39. The monoisotopic (exact) mass is 676 g/mol. The first-order valence-electron chi connectivity index (χ1n) is 14.7. The lowest BCUT2D eigenvalue weighted by atomic mass is 10.1. The minimum absolute atomic E-state index is 0.209. The molecule has 0 saturated carbocycles. The van der Waals surface area contributed by atoms with Gasteiger partial charge in [0, 0.05) is 17.1 Å². The second-order valence-corrected chi connectivity index (χ2v) is 11.0. The molecule has 4 rings (SSSR count).